The molecule has 5 aromatic carbocycles. The zero-order chi connectivity index (χ0) is 33.8. The highest BCUT2D eigenvalue weighted by molar-refractivity contribution is 6.26. The van der Waals surface area contributed by atoms with Gasteiger partial charge in [0.05, 0.1) is 0 Å². The Morgan fingerprint density at radius 2 is 1.02 bits per heavy atom. The molecule has 2 heterocycles. The normalized spacial score (nSPS) is 13.6. The summed E-state index contributed by atoms with van der Waals surface area (Å²) in [7, 11) is 1.91. The summed E-state index contributed by atoms with van der Waals surface area (Å²) in [5.74, 6) is -1.13. The number of nitrogens with zero attached hydrogens (tertiary/aromatic N) is 3. The molecule has 0 unspecified atom stereocenters. The van der Waals surface area contributed by atoms with Crippen LogP contribution in [0.3, 0.4) is 0 Å². The van der Waals surface area contributed by atoms with E-state index in [4.69, 9.17) is 0 Å². The molecule has 0 fully saturated rings. The molecule has 0 atom stereocenters. The summed E-state index contributed by atoms with van der Waals surface area (Å²) >= 11 is 0. The second-order valence-electron chi connectivity index (χ2n) is 12.2. The van der Waals surface area contributed by atoms with Crippen LogP contribution in [0.15, 0.2) is 97.1 Å². The number of carbonyl (C=O) groups excluding carboxylic acids is 4. The van der Waals surface area contributed by atoms with Crippen LogP contribution < -0.4 is 10.2 Å². The van der Waals surface area contributed by atoms with Gasteiger partial charge in [-0.15, -0.1) is 0 Å². The van der Waals surface area contributed by atoms with Gasteiger partial charge in [0.1, 0.15) is 0 Å². The molecule has 0 saturated heterocycles. The van der Waals surface area contributed by atoms with Gasteiger partial charge in [-0.3, -0.25) is 29.0 Å². The summed E-state index contributed by atoms with van der Waals surface area (Å²) < 4.78 is 0. The molecule has 8 nitrogen and oxygen atoms in total. The minimum absolute atomic E-state index is 0.218. The first-order valence-corrected chi connectivity index (χ1v) is 16.6. The monoisotopic (exact) mass is 640 g/mol. The molecule has 0 saturated carbocycles. The number of carbonyl (C=O) groups is 4. The van der Waals surface area contributed by atoms with E-state index in [1.807, 2.05) is 84.7 Å². The Bertz CT molecular complexity index is 1930. The number of benzene rings is 5. The Morgan fingerprint density at radius 1 is 0.583 bits per heavy atom. The molecule has 0 spiro atoms. The Kier molecular flexibility index (Phi) is 9.52. The number of amides is 4. The highest BCUT2D eigenvalue weighted by Gasteiger charge is 2.33. The largest absolute Gasteiger partial charge is 0.383 e. The molecule has 0 bridgehead atoms. The van der Waals surface area contributed by atoms with E-state index in [0.29, 0.717) is 40.7 Å². The lowest BCUT2D eigenvalue weighted by molar-refractivity contribution is 0.0600. The zero-order valence-corrected chi connectivity index (χ0v) is 27.7. The highest BCUT2D eigenvalue weighted by Crippen LogP contribution is 2.31. The fourth-order valence-electron chi connectivity index (χ4n) is 6.47. The third-order valence-electron chi connectivity index (χ3n) is 9.03. The molecule has 7 rings (SSSR count). The fourth-order valence-corrected chi connectivity index (χ4v) is 6.47. The summed E-state index contributed by atoms with van der Waals surface area (Å²) in [6.45, 7) is 5.71. The Hall–Kier alpha value is -5.50. The molecule has 8 heteroatoms. The Morgan fingerprint density at radius 3 is 1.46 bits per heavy atom. The van der Waals surface area contributed by atoms with E-state index in [0.717, 1.165) is 27.5 Å². The average molecular weight is 641 g/mol. The molecule has 0 radical (unpaired) electrons. The molecule has 4 amide bonds. The number of rotatable bonds is 10. The van der Waals surface area contributed by atoms with E-state index < -0.39 is 0 Å². The van der Waals surface area contributed by atoms with Crippen molar-refractivity contribution in [1.29, 1.82) is 0 Å². The first-order chi connectivity index (χ1) is 23.3. The van der Waals surface area contributed by atoms with Gasteiger partial charge in [-0.2, -0.15) is 0 Å². The smallest absolute Gasteiger partial charge is 0.261 e. The van der Waals surface area contributed by atoms with Crippen LogP contribution in [0.5, 0.6) is 0 Å². The van der Waals surface area contributed by atoms with Crippen LogP contribution in [0.25, 0.3) is 21.5 Å². The minimum Gasteiger partial charge on any atom is -0.383 e. The number of unbranched alkanes of at least 4 members (excludes halogenated alkanes) is 2. The number of nitrogens with one attached hydrogen (secondary N) is 1. The molecule has 0 aromatic heterocycles. The lowest BCUT2D eigenvalue weighted by Gasteiger charge is -2.29. The Balaban J connectivity index is 0.000000749. The van der Waals surface area contributed by atoms with Gasteiger partial charge in [0.2, 0.25) is 0 Å². The van der Waals surface area contributed by atoms with Crippen LogP contribution in [0.4, 0.5) is 11.4 Å². The van der Waals surface area contributed by atoms with Gasteiger partial charge in [0, 0.05) is 77.6 Å². The van der Waals surface area contributed by atoms with Crippen molar-refractivity contribution in [1.82, 2.24) is 9.80 Å². The third-order valence-corrected chi connectivity index (χ3v) is 9.03. The van der Waals surface area contributed by atoms with Crippen LogP contribution in [0, 0.1) is 0 Å². The van der Waals surface area contributed by atoms with Crippen molar-refractivity contribution in [2.24, 2.45) is 0 Å². The maximum atomic E-state index is 13.3. The van der Waals surface area contributed by atoms with Crippen molar-refractivity contribution in [3.8, 4) is 0 Å². The lowest BCUT2D eigenvalue weighted by Crippen LogP contribution is -2.44. The quantitative estimate of drug-likeness (QED) is 0.158. The molecule has 2 aliphatic heterocycles. The third kappa shape index (κ3) is 6.13. The predicted molar refractivity (Wildman–Crippen MR) is 192 cm³/mol. The van der Waals surface area contributed by atoms with E-state index >= 15 is 0 Å². The van der Waals surface area contributed by atoms with Gasteiger partial charge in [-0.25, -0.2) is 0 Å². The van der Waals surface area contributed by atoms with Gasteiger partial charge in [-0.05, 0) is 53.2 Å². The van der Waals surface area contributed by atoms with Crippen LogP contribution in [-0.4, -0.2) is 66.7 Å². The molecular formula is C40H40N4O4. The minimum atomic E-state index is -0.287. The molecule has 5 aromatic rings. The standard InChI is InChI=1S/C35H28N4O4.C5H12/c1-37(19-20-39-34(42)28-15-4-9-23-10-5-16-29(31(23)28)35(39)43)25-12-6-11-24(21-25)36-17-18-38-32(40)26-13-2-7-22-8-3-14-27(30(22)26)33(38)41;1-3-5-4-2/h2-16,21,36H,17-20H2,1H3;3-5H2,1-2H3. The lowest BCUT2D eigenvalue weighted by atomic mass is 9.94. The summed E-state index contributed by atoms with van der Waals surface area (Å²) in [6.07, 6.45) is 4.08. The van der Waals surface area contributed by atoms with Crippen molar-refractivity contribution in [3.63, 3.8) is 0 Å². The average Bonchev–Trinajstić information content (AvgIpc) is 3.11. The molecule has 1 N–H and O–H groups in total. The maximum Gasteiger partial charge on any atom is 0.261 e. The van der Waals surface area contributed by atoms with Crippen LogP contribution in [0.2, 0.25) is 0 Å². The molecular weight excluding hydrogens is 600 g/mol. The molecule has 0 aliphatic carbocycles. The summed E-state index contributed by atoms with van der Waals surface area (Å²) in [5, 5.41) is 6.53. The first-order valence-electron chi connectivity index (χ1n) is 16.6. The number of anilines is 2. The molecule has 48 heavy (non-hydrogen) atoms. The van der Waals surface area contributed by atoms with Crippen LogP contribution >= 0.6 is 0 Å². The van der Waals surface area contributed by atoms with Crippen molar-refractivity contribution in [3.05, 3.63) is 119 Å². The van der Waals surface area contributed by atoms with Crippen molar-refractivity contribution < 1.29 is 19.2 Å². The molecule has 244 valence electrons. The summed E-state index contributed by atoms with van der Waals surface area (Å²) in [6, 6.07) is 29.8. The topological polar surface area (TPSA) is 90.0 Å². The predicted octanol–water partition coefficient (Wildman–Crippen LogP) is 7.63. The van der Waals surface area contributed by atoms with Crippen LogP contribution in [0.1, 0.15) is 74.5 Å². The van der Waals surface area contributed by atoms with Crippen molar-refractivity contribution in [2.75, 3.05) is 43.4 Å². The van der Waals surface area contributed by atoms with E-state index in [1.165, 1.54) is 29.1 Å². The SMILES string of the molecule is CCCCC.CN(CCN1C(=O)c2cccc3cccc(c23)C1=O)c1cccc(NCCN2C(=O)c3cccc4cccc(c34)C2=O)c1. The summed E-state index contributed by atoms with van der Waals surface area (Å²) in [5.41, 5.74) is 3.91. The highest BCUT2D eigenvalue weighted by atomic mass is 16.2. The van der Waals surface area contributed by atoms with E-state index in [2.05, 4.69) is 19.2 Å². The number of likely N-dealkylation sites (N-methyl/N-ethyl adjacent to an activating group) is 1. The van der Waals surface area contributed by atoms with Crippen molar-refractivity contribution >= 4 is 56.5 Å². The second-order valence-corrected chi connectivity index (χ2v) is 12.2. The fraction of sp³-hybridized carbons (Fsp3) is 0.250. The van der Waals surface area contributed by atoms with Crippen LogP contribution in [-0.2, 0) is 0 Å². The van der Waals surface area contributed by atoms with Gasteiger partial charge in [0.15, 0.2) is 0 Å². The van der Waals surface area contributed by atoms with E-state index in [1.54, 1.807) is 24.3 Å². The first kappa shape index (κ1) is 32.4. The van der Waals surface area contributed by atoms with Gasteiger partial charge < -0.3 is 10.2 Å². The maximum absolute atomic E-state index is 13.3. The zero-order valence-electron chi connectivity index (χ0n) is 27.7. The Labute approximate surface area is 280 Å². The van der Waals surface area contributed by atoms with Crippen molar-refractivity contribution in [2.45, 2.75) is 33.1 Å². The second kappa shape index (κ2) is 14.1. The number of hydrogen-bond acceptors (Lipinski definition) is 6. The van der Waals surface area contributed by atoms with Gasteiger partial charge in [0.25, 0.3) is 23.6 Å². The van der Waals surface area contributed by atoms with E-state index in [-0.39, 0.29) is 36.7 Å². The van der Waals surface area contributed by atoms with Gasteiger partial charge in [-0.1, -0.05) is 87.7 Å². The number of imide groups is 2. The van der Waals surface area contributed by atoms with E-state index in [9.17, 15) is 19.2 Å². The number of hydrogen-bond donors (Lipinski definition) is 1. The summed E-state index contributed by atoms with van der Waals surface area (Å²) in [4.78, 5) is 57.5. The molecule has 2 aliphatic rings. The van der Waals surface area contributed by atoms with Gasteiger partial charge >= 0.3 is 0 Å².